The van der Waals surface area contributed by atoms with Gasteiger partial charge in [-0.2, -0.15) is 0 Å². The highest BCUT2D eigenvalue weighted by atomic mass is 16.5. The van der Waals surface area contributed by atoms with Crippen molar-refractivity contribution in [1.29, 1.82) is 0 Å². The lowest BCUT2D eigenvalue weighted by atomic mass is 9.97. The van der Waals surface area contributed by atoms with Gasteiger partial charge in [0.05, 0.1) is 6.61 Å². The number of hydrogen-bond acceptors (Lipinski definition) is 3. The van der Waals surface area contributed by atoms with Gasteiger partial charge >= 0.3 is 0 Å². The van der Waals surface area contributed by atoms with Crippen LogP contribution in [0.1, 0.15) is 27.2 Å². The van der Waals surface area contributed by atoms with Crippen molar-refractivity contribution in [3.63, 3.8) is 0 Å². The molecule has 18 heavy (non-hydrogen) atoms. The minimum absolute atomic E-state index is 0.0636. The molecule has 0 saturated carbocycles. The average molecular weight is 241 g/mol. The molecule has 0 bridgehead atoms. The zero-order valence-corrected chi connectivity index (χ0v) is 10.5. The van der Waals surface area contributed by atoms with E-state index in [-0.39, 0.29) is 5.78 Å². The van der Waals surface area contributed by atoms with Gasteiger partial charge < -0.3 is 4.74 Å². The number of benzene rings is 1. The summed E-state index contributed by atoms with van der Waals surface area (Å²) in [7, 11) is 1.63. The topological polar surface area (TPSA) is 39.2 Å². The summed E-state index contributed by atoms with van der Waals surface area (Å²) in [6, 6.07) is 11.0. The first-order valence-electron chi connectivity index (χ1n) is 5.77. The number of ketones is 1. The molecule has 0 fully saturated rings. The van der Waals surface area contributed by atoms with Crippen LogP contribution in [0.2, 0.25) is 0 Å². The summed E-state index contributed by atoms with van der Waals surface area (Å²) >= 11 is 0. The Bertz CT molecular complexity index is 550. The monoisotopic (exact) mass is 241 g/mol. The summed E-state index contributed by atoms with van der Waals surface area (Å²) in [5, 5.41) is 0. The Morgan fingerprint density at radius 1 is 1.22 bits per heavy atom. The summed E-state index contributed by atoms with van der Waals surface area (Å²) in [6.45, 7) is 2.41. The lowest BCUT2D eigenvalue weighted by Gasteiger charge is -2.10. The maximum Gasteiger partial charge on any atom is 0.211 e. The van der Waals surface area contributed by atoms with Gasteiger partial charge in [0.25, 0.3) is 0 Å². The lowest BCUT2D eigenvalue weighted by molar-refractivity contribution is 0.102. The summed E-state index contributed by atoms with van der Waals surface area (Å²) in [4.78, 5) is 16.5. The van der Waals surface area contributed by atoms with E-state index in [9.17, 15) is 4.79 Å². The van der Waals surface area contributed by atoms with Crippen LogP contribution in [0, 0.1) is 6.92 Å². The molecule has 0 unspecified atom stereocenters. The maximum absolute atomic E-state index is 12.4. The normalized spacial score (nSPS) is 10.3. The molecule has 1 aromatic heterocycles. The quantitative estimate of drug-likeness (QED) is 0.773. The van der Waals surface area contributed by atoms with E-state index >= 15 is 0 Å². The molecule has 0 aliphatic heterocycles. The van der Waals surface area contributed by atoms with Gasteiger partial charge in [-0.3, -0.25) is 9.78 Å². The molecule has 2 aromatic rings. The Balaban J connectivity index is 2.45. The number of carbonyl (C=O) groups is 1. The number of aromatic nitrogens is 1. The zero-order chi connectivity index (χ0) is 13.0. The number of methoxy groups -OCH3 is 1. The highest BCUT2D eigenvalue weighted by molar-refractivity contribution is 6.08. The van der Waals surface area contributed by atoms with Gasteiger partial charge in [0.1, 0.15) is 5.69 Å². The summed E-state index contributed by atoms with van der Waals surface area (Å²) in [5.74, 6) is -0.0636. The molecule has 0 radical (unpaired) electrons. The van der Waals surface area contributed by atoms with Crippen molar-refractivity contribution in [3.05, 3.63) is 65.0 Å². The molecule has 92 valence electrons. The molecule has 0 N–H and O–H groups in total. The van der Waals surface area contributed by atoms with Crippen molar-refractivity contribution in [1.82, 2.24) is 4.98 Å². The first-order chi connectivity index (χ1) is 8.74. The third-order valence-electron chi connectivity index (χ3n) is 2.84. The van der Waals surface area contributed by atoms with Crippen molar-refractivity contribution in [2.45, 2.75) is 13.5 Å². The Labute approximate surface area is 106 Å². The minimum Gasteiger partial charge on any atom is -0.380 e. The van der Waals surface area contributed by atoms with Gasteiger partial charge in [-0.1, -0.05) is 24.3 Å². The average Bonchev–Trinajstić information content (AvgIpc) is 2.41. The smallest absolute Gasteiger partial charge is 0.211 e. The maximum atomic E-state index is 12.4. The first kappa shape index (κ1) is 12.5. The van der Waals surface area contributed by atoms with E-state index in [1.165, 1.54) is 0 Å². The van der Waals surface area contributed by atoms with Crippen molar-refractivity contribution >= 4 is 5.78 Å². The Morgan fingerprint density at radius 3 is 2.72 bits per heavy atom. The third kappa shape index (κ3) is 2.46. The Morgan fingerprint density at radius 2 is 2.06 bits per heavy atom. The zero-order valence-electron chi connectivity index (χ0n) is 10.5. The minimum atomic E-state index is -0.0636. The summed E-state index contributed by atoms with van der Waals surface area (Å²) in [5.41, 5.74) is 3.10. The SMILES string of the molecule is COCc1c(C)cccc1C(=O)c1ccccn1. The van der Waals surface area contributed by atoms with Gasteiger partial charge in [0.2, 0.25) is 5.78 Å². The van der Waals surface area contributed by atoms with Crippen LogP contribution in [0.5, 0.6) is 0 Å². The van der Waals surface area contributed by atoms with Gasteiger partial charge in [0, 0.05) is 18.9 Å². The van der Waals surface area contributed by atoms with Crippen molar-refractivity contribution in [2.24, 2.45) is 0 Å². The second-order valence-corrected chi connectivity index (χ2v) is 4.08. The predicted octanol–water partition coefficient (Wildman–Crippen LogP) is 2.77. The molecule has 1 aromatic carbocycles. The van der Waals surface area contributed by atoms with Crippen molar-refractivity contribution in [2.75, 3.05) is 7.11 Å². The molecule has 3 nitrogen and oxygen atoms in total. The molecule has 3 heteroatoms. The van der Waals surface area contributed by atoms with Crippen LogP contribution in [0.3, 0.4) is 0 Å². The van der Waals surface area contributed by atoms with Crippen LogP contribution < -0.4 is 0 Å². The molecule has 1 heterocycles. The molecular formula is C15H15NO2. The number of aryl methyl sites for hydroxylation is 1. The molecule has 0 spiro atoms. The number of nitrogens with zero attached hydrogens (tertiary/aromatic N) is 1. The third-order valence-corrected chi connectivity index (χ3v) is 2.84. The number of hydrogen-bond donors (Lipinski definition) is 0. The van der Waals surface area contributed by atoms with Gasteiger partial charge in [-0.05, 0) is 30.2 Å². The first-order valence-corrected chi connectivity index (χ1v) is 5.77. The number of pyridine rings is 1. The second-order valence-electron chi connectivity index (χ2n) is 4.08. The van der Waals surface area contributed by atoms with Crippen LogP contribution >= 0.6 is 0 Å². The van der Waals surface area contributed by atoms with Crippen LogP contribution in [0.15, 0.2) is 42.6 Å². The second kappa shape index (κ2) is 5.56. The lowest BCUT2D eigenvalue weighted by Crippen LogP contribution is -2.09. The van der Waals surface area contributed by atoms with Crippen molar-refractivity contribution < 1.29 is 9.53 Å². The Kier molecular flexibility index (Phi) is 3.85. The van der Waals surface area contributed by atoms with E-state index in [0.29, 0.717) is 17.9 Å². The van der Waals surface area contributed by atoms with E-state index in [1.807, 2.05) is 31.2 Å². The van der Waals surface area contributed by atoms with E-state index in [4.69, 9.17) is 4.74 Å². The van der Waals surface area contributed by atoms with Crippen LogP contribution in [-0.2, 0) is 11.3 Å². The fourth-order valence-corrected chi connectivity index (χ4v) is 1.89. The highest BCUT2D eigenvalue weighted by Crippen LogP contribution is 2.18. The van der Waals surface area contributed by atoms with E-state index in [2.05, 4.69) is 4.98 Å². The summed E-state index contributed by atoms with van der Waals surface area (Å²) in [6.07, 6.45) is 1.62. The number of rotatable bonds is 4. The predicted molar refractivity (Wildman–Crippen MR) is 69.6 cm³/mol. The van der Waals surface area contributed by atoms with Gasteiger partial charge in [-0.25, -0.2) is 0 Å². The molecular weight excluding hydrogens is 226 g/mol. The van der Waals surface area contributed by atoms with Gasteiger partial charge in [-0.15, -0.1) is 0 Å². The Hall–Kier alpha value is -2.00. The fourth-order valence-electron chi connectivity index (χ4n) is 1.89. The van der Waals surface area contributed by atoms with Crippen LogP contribution in [0.25, 0.3) is 0 Å². The molecule has 0 aliphatic carbocycles. The van der Waals surface area contributed by atoms with Crippen LogP contribution in [-0.4, -0.2) is 17.9 Å². The van der Waals surface area contributed by atoms with E-state index in [1.54, 1.807) is 25.4 Å². The molecule has 2 rings (SSSR count). The standard InChI is InChI=1S/C15H15NO2/c1-11-6-5-7-12(13(11)10-18-2)15(17)14-8-3-4-9-16-14/h3-9H,10H2,1-2H3. The van der Waals surface area contributed by atoms with Gasteiger partial charge in [0.15, 0.2) is 0 Å². The molecule has 0 aliphatic rings. The van der Waals surface area contributed by atoms with Crippen molar-refractivity contribution in [3.8, 4) is 0 Å². The number of ether oxygens (including phenoxy) is 1. The molecule has 0 saturated heterocycles. The fraction of sp³-hybridized carbons (Fsp3) is 0.200. The van der Waals surface area contributed by atoms with E-state index < -0.39 is 0 Å². The molecule has 0 amide bonds. The summed E-state index contributed by atoms with van der Waals surface area (Å²) < 4.78 is 5.16. The largest absolute Gasteiger partial charge is 0.380 e. The molecule has 0 atom stereocenters. The van der Waals surface area contributed by atoms with E-state index in [0.717, 1.165) is 11.1 Å². The van der Waals surface area contributed by atoms with Crippen LogP contribution in [0.4, 0.5) is 0 Å². The highest BCUT2D eigenvalue weighted by Gasteiger charge is 2.15. The number of carbonyl (C=O) groups excluding carboxylic acids is 1.